The normalized spacial score (nSPS) is 10.8. The summed E-state index contributed by atoms with van der Waals surface area (Å²) in [6.07, 6.45) is 5.21. The molecule has 4 aromatic heterocycles. The molecular weight excluding hydrogens is 350 g/mol. The molecule has 1 amide bonds. The van der Waals surface area contributed by atoms with Crippen LogP contribution in [0, 0.1) is 6.92 Å². The molecular formula is C17H15N7OS. The van der Waals surface area contributed by atoms with Crippen LogP contribution in [-0.4, -0.2) is 35.9 Å². The molecule has 2 N–H and O–H groups in total. The van der Waals surface area contributed by atoms with Gasteiger partial charge in [0.15, 0.2) is 0 Å². The fourth-order valence-corrected chi connectivity index (χ4v) is 3.40. The lowest BCUT2D eigenvalue weighted by molar-refractivity contribution is 0.102. The summed E-state index contributed by atoms with van der Waals surface area (Å²) in [4.78, 5) is 21.3. The fourth-order valence-electron chi connectivity index (χ4n) is 2.53. The first-order valence-electron chi connectivity index (χ1n) is 7.84. The molecule has 0 aliphatic carbocycles. The summed E-state index contributed by atoms with van der Waals surface area (Å²) < 4.78 is 1.64. The molecule has 26 heavy (non-hydrogen) atoms. The predicted molar refractivity (Wildman–Crippen MR) is 98.8 cm³/mol. The van der Waals surface area contributed by atoms with E-state index in [4.69, 9.17) is 0 Å². The molecule has 0 radical (unpaired) electrons. The first-order valence-corrected chi connectivity index (χ1v) is 8.72. The number of thiazole rings is 1. The lowest BCUT2D eigenvalue weighted by Crippen LogP contribution is -2.12. The summed E-state index contributed by atoms with van der Waals surface area (Å²) in [5.41, 5.74) is 3.98. The topological polar surface area (TPSA) is 101 Å². The van der Waals surface area contributed by atoms with Gasteiger partial charge in [0.25, 0.3) is 5.91 Å². The van der Waals surface area contributed by atoms with E-state index in [0.29, 0.717) is 22.8 Å². The van der Waals surface area contributed by atoms with Crippen molar-refractivity contribution in [2.24, 2.45) is 7.05 Å². The number of amides is 1. The highest BCUT2D eigenvalue weighted by atomic mass is 32.1. The SMILES string of the molecule is Cc1n[nH]cc1-c1nc(C(=O)Nc2cn(C)nc2-c2ccccn2)cs1. The van der Waals surface area contributed by atoms with E-state index < -0.39 is 0 Å². The Morgan fingerprint density at radius 1 is 1.35 bits per heavy atom. The van der Waals surface area contributed by atoms with E-state index in [9.17, 15) is 4.79 Å². The number of pyridine rings is 1. The Bertz CT molecular complexity index is 1060. The Morgan fingerprint density at radius 3 is 2.96 bits per heavy atom. The van der Waals surface area contributed by atoms with E-state index >= 15 is 0 Å². The third kappa shape index (κ3) is 3.00. The van der Waals surface area contributed by atoms with E-state index in [2.05, 4.69) is 30.6 Å². The van der Waals surface area contributed by atoms with Crippen LogP contribution in [0.15, 0.2) is 42.2 Å². The molecule has 0 aliphatic rings. The Kier molecular flexibility index (Phi) is 4.05. The van der Waals surface area contributed by atoms with Crippen molar-refractivity contribution in [3.8, 4) is 22.0 Å². The lowest BCUT2D eigenvalue weighted by atomic mass is 10.2. The second kappa shape index (κ2) is 6.52. The molecule has 0 bridgehead atoms. The molecule has 9 heteroatoms. The van der Waals surface area contributed by atoms with Crippen LogP contribution in [0.3, 0.4) is 0 Å². The second-order valence-electron chi connectivity index (χ2n) is 5.66. The van der Waals surface area contributed by atoms with Crippen LogP contribution >= 0.6 is 11.3 Å². The van der Waals surface area contributed by atoms with E-state index in [1.165, 1.54) is 11.3 Å². The summed E-state index contributed by atoms with van der Waals surface area (Å²) in [7, 11) is 1.80. The van der Waals surface area contributed by atoms with E-state index in [1.54, 1.807) is 35.7 Å². The van der Waals surface area contributed by atoms with E-state index in [-0.39, 0.29) is 5.91 Å². The number of aromatic nitrogens is 6. The summed E-state index contributed by atoms with van der Waals surface area (Å²) >= 11 is 1.40. The van der Waals surface area contributed by atoms with Gasteiger partial charge < -0.3 is 5.32 Å². The molecule has 0 aromatic carbocycles. The van der Waals surface area contributed by atoms with E-state index in [0.717, 1.165) is 16.3 Å². The van der Waals surface area contributed by atoms with Crippen molar-refractivity contribution < 1.29 is 4.79 Å². The van der Waals surface area contributed by atoms with Crippen molar-refractivity contribution in [3.05, 3.63) is 53.6 Å². The average molecular weight is 365 g/mol. The number of aromatic amines is 1. The number of carbonyl (C=O) groups excluding carboxylic acids is 1. The minimum atomic E-state index is -0.293. The van der Waals surface area contributed by atoms with Crippen molar-refractivity contribution in [1.29, 1.82) is 0 Å². The van der Waals surface area contributed by atoms with Crippen LogP contribution in [0.5, 0.6) is 0 Å². The fraction of sp³-hybridized carbons (Fsp3) is 0.118. The smallest absolute Gasteiger partial charge is 0.275 e. The zero-order chi connectivity index (χ0) is 18.1. The van der Waals surface area contributed by atoms with Crippen molar-refractivity contribution in [2.45, 2.75) is 6.92 Å². The molecule has 0 saturated heterocycles. The number of hydrogen-bond donors (Lipinski definition) is 2. The Balaban J connectivity index is 1.60. The standard InChI is InChI=1S/C17H15N7OS/c1-10-11(7-19-22-10)17-21-14(9-26-17)16(25)20-13-8-24(2)23-15(13)12-5-3-4-6-18-12/h3-9H,1-2H3,(H,19,22)(H,20,25). The molecule has 0 unspecified atom stereocenters. The summed E-state index contributed by atoms with van der Waals surface area (Å²) in [5, 5.41) is 16.6. The number of nitrogens with zero attached hydrogens (tertiary/aromatic N) is 5. The number of aryl methyl sites for hydroxylation is 2. The van der Waals surface area contributed by atoms with Crippen molar-refractivity contribution >= 4 is 22.9 Å². The van der Waals surface area contributed by atoms with Gasteiger partial charge in [-0.15, -0.1) is 11.3 Å². The van der Waals surface area contributed by atoms with Gasteiger partial charge in [0, 0.05) is 31.0 Å². The van der Waals surface area contributed by atoms with Gasteiger partial charge in [-0.25, -0.2) is 4.98 Å². The highest BCUT2D eigenvalue weighted by Gasteiger charge is 2.18. The van der Waals surface area contributed by atoms with Crippen LogP contribution < -0.4 is 5.32 Å². The maximum absolute atomic E-state index is 12.6. The Morgan fingerprint density at radius 2 is 2.23 bits per heavy atom. The molecule has 4 rings (SSSR count). The van der Waals surface area contributed by atoms with Gasteiger partial charge in [0.2, 0.25) is 0 Å². The van der Waals surface area contributed by atoms with Gasteiger partial charge in [-0.2, -0.15) is 10.2 Å². The minimum Gasteiger partial charge on any atom is -0.317 e. The monoisotopic (exact) mass is 365 g/mol. The maximum Gasteiger partial charge on any atom is 0.275 e. The van der Waals surface area contributed by atoms with E-state index in [1.807, 2.05) is 25.1 Å². The summed E-state index contributed by atoms with van der Waals surface area (Å²) in [5.74, 6) is -0.293. The predicted octanol–water partition coefficient (Wildman–Crippen LogP) is 2.89. The number of rotatable bonds is 4. The summed E-state index contributed by atoms with van der Waals surface area (Å²) in [6, 6.07) is 5.56. The van der Waals surface area contributed by atoms with Crippen LogP contribution in [0.4, 0.5) is 5.69 Å². The maximum atomic E-state index is 12.6. The largest absolute Gasteiger partial charge is 0.317 e. The number of hydrogen-bond acceptors (Lipinski definition) is 6. The van der Waals surface area contributed by atoms with Gasteiger partial charge in [-0.3, -0.25) is 19.6 Å². The van der Waals surface area contributed by atoms with Gasteiger partial charge >= 0.3 is 0 Å². The molecule has 0 fully saturated rings. The van der Waals surface area contributed by atoms with Crippen LogP contribution in [0.2, 0.25) is 0 Å². The molecule has 130 valence electrons. The molecule has 0 atom stereocenters. The molecule has 8 nitrogen and oxygen atoms in total. The number of H-pyrrole nitrogens is 1. The highest BCUT2D eigenvalue weighted by molar-refractivity contribution is 7.13. The van der Waals surface area contributed by atoms with Crippen LogP contribution in [0.25, 0.3) is 22.0 Å². The summed E-state index contributed by atoms with van der Waals surface area (Å²) in [6.45, 7) is 1.89. The number of anilines is 1. The zero-order valence-electron chi connectivity index (χ0n) is 14.1. The van der Waals surface area contributed by atoms with Gasteiger partial charge in [0.1, 0.15) is 16.4 Å². The average Bonchev–Trinajstić information content (AvgIpc) is 3.35. The van der Waals surface area contributed by atoms with Gasteiger partial charge in [-0.05, 0) is 19.1 Å². The first-order chi connectivity index (χ1) is 12.6. The molecule has 0 spiro atoms. The molecule has 0 saturated carbocycles. The second-order valence-corrected chi connectivity index (χ2v) is 6.51. The van der Waals surface area contributed by atoms with Crippen molar-refractivity contribution in [2.75, 3.05) is 5.32 Å². The number of carbonyl (C=O) groups is 1. The molecule has 4 heterocycles. The van der Waals surface area contributed by atoms with Crippen LogP contribution in [-0.2, 0) is 7.05 Å². The van der Waals surface area contributed by atoms with Crippen molar-refractivity contribution in [3.63, 3.8) is 0 Å². The number of nitrogens with one attached hydrogen (secondary N) is 2. The van der Waals surface area contributed by atoms with Gasteiger partial charge in [-0.1, -0.05) is 6.07 Å². The quantitative estimate of drug-likeness (QED) is 0.579. The Labute approximate surface area is 152 Å². The Hall–Kier alpha value is -3.33. The minimum absolute atomic E-state index is 0.293. The van der Waals surface area contributed by atoms with Crippen LogP contribution in [0.1, 0.15) is 16.2 Å². The zero-order valence-corrected chi connectivity index (χ0v) is 14.9. The van der Waals surface area contributed by atoms with Gasteiger partial charge in [0.05, 0.1) is 22.6 Å². The third-order valence-corrected chi connectivity index (χ3v) is 4.66. The third-order valence-electron chi connectivity index (χ3n) is 3.78. The molecule has 4 aromatic rings. The highest BCUT2D eigenvalue weighted by Crippen LogP contribution is 2.27. The lowest BCUT2D eigenvalue weighted by Gasteiger charge is -2.03. The molecule has 0 aliphatic heterocycles. The first kappa shape index (κ1) is 16.2. The van der Waals surface area contributed by atoms with Crippen molar-refractivity contribution in [1.82, 2.24) is 29.9 Å².